The zero-order chi connectivity index (χ0) is 14.0. The van der Waals surface area contributed by atoms with Crippen molar-refractivity contribution in [2.75, 3.05) is 0 Å². The van der Waals surface area contributed by atoms with Crippen LogP contribution < -0.4 is 0 Å². The molecule has 0 amide bonds. The summed E-state index contributed by atoms with van der Waals surface area (Å²) in [5.41, 5.74) is 2.55. The summed E-state index contributed by atoms with van der Waals surface area (Å²) in [4.78, 5) is 23.6. The molecule has 0 heterocycles. The Balaban J connectivity index is 2.59. The van der Waals surface area contributed by atoms with Gasteiger partial charge in [-0.05, 0) is 37.1 Å². The SMILES string of the molecule is Cc1cc(C(=O)O)c(C(=O)c2ccccc2)cc1C. The number of ketones is 1. The first-order valence-electron chi connectivity index (χ1n) is 5.95. The van der Waals surface area contributed by atoms with Crippen molar-refractivity contribution in [2.45, 2.75) is 13.8 Å². The standard InChI is InChI=1S/C16H14O3/c1-10-8-13(14(16(18)19)9-11(10)2)15(17)12-6-4-3-5-7-12/h3-9H,1-2H3,(H,18,19). The van der Waals surface area contributed by atoms with Crippen molar-refractivity contribution < 1.29 is 14.7 Å². The summed E-state index contributed by atoms with van der Waals surface area (Å²) in [5.74, 6) is -1.34. The summed E-state index contributed by atoms with van der Waals surface area (Å²) in [7, 11) is 0. The van der Waals surface area contributed by atoms with Crippen LogP contribution in [0.5, 0.6) is 0 Å². The van der Waals surface area contributed by atoms with Gasteiger partial charge in [0.05, 0.1) is 5.56 Å². The van der Waals surface area contributed by atoms with Crippen LogP contribution in [0.1, 0.15) is 37.4 Å². The van der Waals surface area contributed by atoms with E-state index in [2.05, 4.69) is 0 Å². The number of carboxylic acid groups (broad SMARTS) is 1. The third kappa shape index (κ3) is 2.55. The predicted molar refractivity (Wildman–Crippen MR) is 72.7 cm³/mol. The number of hydrogen-bond donors (Lipinski definition) is 1. The van der Waals surface area contributed by atoms with Crippen LogP contribution in [0.15, 0.2) is 42.5 Å². The summed E-state index contributed by atoms with van der Waals surface area (Å²) in [6, 6.07) is 11.9. The van der Waals surface area contributed by atoms with Gasteiger partial charge in [0, 0.05) is 11.1 Å². The maximum Gasteiger partial charge on any atom is 0.336 e. The van der Waals surface area contributed by atoms with E-state index in [9.17, 15) is 14.7 Å². The van der Waals surface area contributed by atoms with Crippen molar-refractivity contribution in [2.24, 2.45) is 0 Å². The molecular weight excluding hydrogens is 240 g/mol. The highest BCUT2D eigenvalue weighted by molar-refractivity contribution is 6.14. The lowest BCUT2D eigenvalue weighted by atomic mass is 9.94. The van der Waals surface area contributed by atoms with E-state index in [4.69, 9.17) is 0 Å². The Hall–Kier alpha value is -2.42. The second kappa shape index (κ2) is 5.06. The number of carbonyl (C=O) groups is 2. The van der Waals surface area contributed by atoms with Gasteiger partial charge < -0.3 is 5.11 Å². The molecule has 3 nitrogen and oxygen atoms in total. The van der Waals surface area contributed by atoms with Gasteiger partial charge in [0.25, 0.3) is 0 Å². The largest absolute Gasteiger partial charge is 0.478 e. The lowest BCUT2D eigenvalue weighted by molar-refractivity contribution is 0.0692. The Kier molecular flexibility index (Phi) is 3.47. The molecule has 0 spiro atoms. The zero-order valence-corrected chi connectivity index (χ0v) is 10.8. The number of carbonyl (C=O) groups excluding carboxylic acids is 1. The molecule has 0 aromatic heterocycles. The minimum Gasteiger partial charge on any atom is -0.478 e. The van der Waals surface area contributed by atoms with Crippen LogP contribution in [-0.4, -0.2) is 16.9 Å². The van der Waals surface area contributed by atoms with Crippen molar-refractivity contribution in [1.29, 1.82) is 0 Å². The smallest absolute Gasteiger partial charge is 0.336 e. The minimum atomic E-state index is -1.08. The van der Waals surface area contributed by atoms with Gasteiger partial charge in [-0.2, -0.15) is 0 Å². The average Bonchev–Trinajstić information content (AvgIpc) is 2.41. The monoisotopic (exact) mass is 254 g/mol. The zero-order valence-electron chi connectivity index (χ0n) is 10.8. The summed E-state index contributed by atoms with van der Waals surface area (Å²) < 4.78 is 0. The fraction of sp³-hybridized carbons (Fsp3) is 0.125. The first-order chi connectivity index (χ1) is 9.00. The van der Waals surface area contributed by atoms with Gasteiger partial charge in [-0.25, -0.2) is 4.79 Å². The van der Waals surface area contributed by atoms with Crippen molar-refractivity contribution in [3.05, 3.63) is 70.3 Å². The van der Waals surface area contributed by atoms with Gasteiger partial charge in [-0.1, -0.05) is 30.3 Å². The van der Waals surface area contributed by atoms with Gasteiger partial charge >= 0.3 is 5.97 Å². The lowest BCUT2D eigenvalue weighted by Crippen LogP contribution is -2.11. The number of benzene rings is 2. The summed E-state index contributed by atoms with van der Waals surface area (Å²) in [6.45, 7) is 3.70. The van der Waals surface area contributed by atoms with E-state index < -0.39 is 5.97 Å². The Morgan fingerprint density at radius 1 is 0.895 bits per heavy atom. The van der Waals surface area contributed by atoms with E-state index in [0.29, 0.717) is 5.56 Å². The highest BCUT2D eigenvalue weighted by atomic mass is 16.4. The minimum absolute atomic E-state index is 0.0527. The molecule has 1 N–H and O–H groups in total. The third-order valence-electron chi connectivity index (χ3n) is 3.14. The number of aryl methyl sites for hydroxylation is 2. The highest BCUT2D eigenvalue weighted by Crippen LogP contribution is 2.19. The molecule has 0 aliphatic heterocycles. The second-order valence-corrected chi connectivity index (χ2v) is 4.48. The topological polar surface area (TPSA) is 54.4 Å². The highest BCUT2D eigenvalue weighted by Gasteiger charge is 2.18. The number of rotatable bonds is 3. The van der Waals surface area contributed by atoms with Gasteiger partial charge in [0.15, 0.2) is 5.78 Å². The Bertz CT molecular complexity index is 643. The van der Waals surface area contributed by atoms with Gasteiger partial charge in [-0.15, -0.1) is 0 Å². The molecule has 0 aliphatic rings. The molecule has 2 rings (SSSR count). The van der Waals surface area contributed by atoms with Crippen molar-refractivity contribution in [1.82, 2.24) is 0 Å². The summed E-state index contributed by atoms with van der Waals surface area (Å²) in [6.07, 6.45) is 0. The molecule has 0 saturated carbocycles. The molecule has 2 aromatic carbocycles. The third-order valence-corrected chi connectivity index (χ3v) is 3.14. The van der Waals surface area contributed by atoms with Crippen molar-refractivity contribution in [3.8, 4) is 0 Å². The van der Waals surface area contributed by atoms with E-state index >= 15 is 0 Å². The van der Waals surface area contributed by atoms with Crippen molar-refractivity contribution in [3.63, 3.8) is 0 Å². The Labute approximate surface area is 111 Å². The molecule has 0 aliphatic carbocycles. The maximum atomic E-state index is 12.4. The van der Waals surface area contributed by atoms with Gasteiger partial charge in [0.2, 0.25) is 0 Å². The molecule has 3 heteroatoms. The lowest BCUT2D eigenvalue weighted by Gasteiger charge is -2.09. The van der Waals surface area contributed by atoms with E-state index in [-0.39, 0.29) is 16.9 Å². The molecule has 0 saturated heterocycles. The molecule has 0 atom stereocenters. The normalized spacial score (nSPS) is 10.2. The van der Waals surface area contributed by atoms with Crippen LogP contribution >= 0.6 is 0 Å². The van der Waals surface area contributed by atoms with E-state index in [1.54, 1.807) is 36.4 Å². The molecule has 0 bridgehead atoms. The van der Waals surface area contributed by atoms with Crippen LogP contribution in [0.4, 0.5) is 0 Å². The van der Waals surface area contributed by atoms with Crippen LogP contribution in [0, 0.1) is 13.8 Å². The molecule has 19 heavy (non-hydrogen) atoms. The number of carboxylic acids is 1. The Morgan fingerprint density at radius 2 is 1.42 bits per heavy atom. The molecule has 0 radical (unpaired) electrons. The molecular formula is C16H14O3. The van der Waals surface area contributed by atoms with E-state index in [0.717, 1.165) is 11.1 Å². The fourth-order valence-electron chi connectivity index (χ4n) is 1.93. The predicted octanol–water partition coefficient (Wildman–Crippen LogP) is 3.23. The first-order valence-corrected chi connectivity index (χ1v) is 5.95. The second-order valence-electron chi connectivity index (χ2n) is 4.48. The van der Waals surface area contributed by atoms with Gasteiger partial charge in [0.1, 0.15) is 0 Å². The molecule has 96 valence electrons. The van der Waals surface area contributed by atoms with Crippen LogP contribution in [0.3, 0.4) is 0 Å². The van der Waals surface area contributed by atoms with E-state index in [1.165, 1.54) is 0 Å². The Morgan fingerprint density at radius 3 is 1.95 bits per heavy atom. The van der Waals surface area contributed by atoms with Gasteiger partial charge in [-0.3, -0.25) is 4.79 Å². The molecule has 0 unspecified atom stereocenters. The maximum absolute atomic E-state index is 12.4. The number of aromatic carboxylic acids is 1. The fourth-order valence-corrected chi connectivity index (χ4v) is 1.93. The summed E-state index contributed by atoms with van der Waals surface area (Å²) >= 11 is 0. The number of hydrogen-bond acceptors (Lipinski definition) is 2. The summed E-state index contributed by atoms with van der Waals surface area (Å²) in [5, 5.41) is 9.22. The molecule has 0 fully saturated rings. The van der Waals surface area contributed by atoms with Crippen molar-refractivity contribution >= 4 is 11.8 Å². The first kappa shape index (κ1) is 13.0. The average molecular weight is 254 g/mol. The quantitative estimate of drug-likeness (QED) is 0.855. The van der Waals surface area contributed by atoms with E-state index in [1.807, 2.05) is 19.9 Å². The molecule has 2 aromatic rings. The van der Waals surface area contributed by atoms with Crippen LogP contribution in [0.25, 0.3) is 0 Å². The van der Waals surface area contributed by atoms with Crippen LogP contribution in [0.2, 0.25) is 0 Å². The van der Waals surface area contributed by atoms with Crippen LogP contribution in [-0.2, 0) is 0 Å².